The standard InChI is InChI=1S/C13H10N2O2S/c16-12(17)8-15-6-5-9(7-15)13-14-10-3-1-2-4-11(10)18-13/h1-7H,8H2,(H,16,17). The first-order valence-electron chi connectivity index (χ1n) is 5.46. The van der Waals surface area contributed by atoms with Crippen LogP contribution in [-0.4, -0.2) is 20.6 Å². The van der Waals surface area contributed by atoms with Crippen molar-refractivity contribution in [2.24, 2.45) is 0 Å². The fraction of sp³-hybridized carbons (Fsp3) is 0.0769. The molecule has 0 aliphatic heterocycles. The van der Waals surface area contributed by atoms with Crippen LogP contribution in [-0.2, 0) is 11.3 Å². The van der Waals surface area contributed by atoms with E-state index < -0.39 is 5.97 Å². The third kappa shape index (κ3) is 2.00. The highest BCUT2D eigenvalue weighted by Gasteiger charge is 2.08. The van der Waals surface area contributed by atoms with Crippen molar-refractivity contribution < 1.29 is 9.90 Å². The maximum Gasteiger partial charge on any atom is 0.323 e. The summed E-state index contributed by atoms with van der Waals surface area (Å²) in [6, 6.07) is 9.84. The Labute approximate surface area is 107 Å². The highest BCUT2D eigenvalue weighted by Crippen LogP contribution is 2.29. The molecule has 0 aliphatic carbocycles. The Morgan fingerprint density at radius 1 is 1.33 bits per heavy atom. The van der Waals surface area contributed by atoms with Crippen LogP contribution in [0.1, 0.15) is 0 Å². The minimum atomic E-state index is -0.846. The van der Waals surface area contributed by atoms with E-state index in [2.05, 4.69) is 4.98 Å². The monoisotopic (exact) mass is 258 g/mol. The number of carbonyl (C=O) groups is 1. The number of thiazole rings is 1. The summed E-state index contributed by atoms with van der Waals surface area (Å²) in [6.07, 6.45) is 3.57. The molecule has 0 atom stereocenters. The number of carboxylic acids is 1. The topological polar surface area (TPSA) is 55.1 Å². The number of aliphatic carboxylic acids is 1. The van der Waals surface area contributed by atoms with Gasteiger partial charge < -0.3 is 9.67 Å². The van der Waals surface area contributed by atoms with E-state index in [0.29, 0.717) is 0 Å². The number of fused-ring (bicyclic) bond motifs is 1. The van der Waals surface area contributed by atoms with Crippen molar-refractivity contribution in [3.8, 4) is 10.6 Å². The molecule has 0 unspecified atom stereocenters. The van der Waals surface area contributed by atoms with Gasteiger partial charge in [-0.1, -0.05) is 12.1 Å². The predicted molar refractivity (Wildman–Crippen MR) is 70.7 cm³/mol. The Kier molecular flexibility index (Phi) is 2.60. The Morgan fingerprint density at radius 2 is 2.17 bits per heavy atom. The van der Waals surface area contributed by atoms with Crippen LogP contribution >= 0.6 is 11.3 Å². The predicted octanol–water partition coefficient (Wildman–Crippen LogP) is 2.85. The lowest BCUT2D eigenvalue weighted by Gasteiger charge is -1.94. The summed E-state index contributed by atoms with van der Waals surface area (Å²) in [5.41, 5.74) is 1.93. The number of hydrogen-bond donors (Lipinski definition) is 1. The molecule has 1 N–H and O–H groups in total. The number of hydrogen-bond acceptors (Lipinski definition) is 3. The Bertz CT molecular complexity index is 681. The minimum absolute atomic E-state index is 0.0229. The normalized spacial score (nSPS) is 10.9. The van der Waals surface area contributed by atoms with Gasteiger partial charge in [-0.3, -0.25) is 4.79 Å². The molecule has 0 spiro atoms. The lowest BCUT2D eigenvalue weighted by molar-refractivity contribution is -0.137. The molecule has 5 heteroatoms. The van der Waals surface area contributed by atoms with Crippen molar-refractivity contribution in [1.82, 2.24) is 9.55 Å². The van der Waals surface area contributed by atoms with Crippen LogP contribution in [0.25, 0.3) is 20.8 Å². The Balaban J connectivity index is 1.98. The summed E-state index contributed by atoms with van der Waals surface area (Å²) in [4.78, 5) is 15.2. The molecule has 0 amide bonds. The van der Waals surface area contributed by atoms with Crippen molar-refractivity contribution in [3.63, 3.8) is 0 Å². The molecule has 3 aromatic rings. The van der Waals surface area contributed by atoms with Crippen LogP contribution in [0.5, 0.6) is 0 Å². The SMILES string of the molecule is O=C(O)Cn1ccc(-c2nc3ccccc3s2)c1. The molecule has 4 nitrogen and oxygen atoms in total. The van der Waals surface area contributed by atoms with Gasteiger partial charge >= 0.3 is 5.97 Å². The zero-order chi connectivity index (χ0) is 12.5. The van der Waals surface area contributed by atoms with Gasteiger partial charge in [0.2, 0.25) is 0 Å². The molecule has 0 saturated carbocycles. The van der Waals surface area contributed by atoms with E-state index in [1.807, 2.05) is 36.5 Å². The minimum Gasteiger partial charge on any atom is -0.480 e. The van der Waals surface area contributed by atoms with Crippen LogP contribution in [0.2, 0.25) is 0 Å². The molecule has 90 valence electrons. The molecule has 0 aliphatic rings. The van der Waals surface area contributed by atoms with Crippen molar-refractivity contribution in [2.75, 3.05) is 0 Å². The van der Waals surface area contributed by atoms with Gasteiger partial charge in [0.25, 0.3) is 0 Å². The highest BCUT2D eigenvalue weighted by atomic mass is 32.1. The summed E-state index contributed by atoms with van der Waals surface area (Å²) in [6.45, 7) is -0.0229. The van der Waals surface area contributed by atoms with Gasteiger partial charge in [-0.2, -0.15) is 0 Å². The number of carboxylic acid groups (broad SMARTS) is 1. The average molecular weight is 258 g/mol. The third-order valence-electron chi connectivity index (χ3n) is 2.61. The van der Waals surface area contributed by atoms with Crippen LogP contribution < -0.4 is 0 Å². The van der Waals surface area contributed by atoms with Crippen molar-refractivity contribution in [1.29, 1.82) is 0 Å². The van der Waals surface area contributed by atoms with Crippen molar-refractivity contribution in [3.05, 3.63) is 42.7 Å². The number of aromatic nitrogens is 2. The lowest BCUT2D eigenvalue weighted by atomic mass is 10.3. The van der Waals surface area contributed by atoms with Crippen LogP contribution in [0.15, 0.2) is 42.7 Å². The zero-order valence-corrected chi connectivity index (χ0v) is 10.2. The van der Waals surface area contributed by atoms with Gasteiger partial charge in [-0.05, 0) is 18.2 Å². The first kappa shape index (κ1) is 11.0. The van der Waals surface area contributed by atoms with Gasteiger partial charge in [0.1, 0.15) is 11.6 Å². The molecule has 0 saturated heterocycles. The molecular formula is C13H10N2O2S. The lowest BCUT2D eigenvalue weighted by Crippen LogP contribution is -2.05. The Morgan fingerprint density at radius 3 is 2.94 bits per heavy atom. The van der Waals surface area contributed by atoms with Crippen molar-refractivity contribution in [2.45, 2.75) is 6.54 Å². The largest absolute Gasteiger partial charge is 0.480 e. The maximum absolute atomic E-state index is 10.6. The van der Waals surface area contributed by atoms with Gasteiger partial charge in [0.15, 0.2) is 0 Å². The Hall–Kier alpha value is -2.14. The molecule has 2 heterocycles. The summed E-state index contributed by atoms with van der Waals surface area (Å²) in [7, 11) is 0. The van der Waals surface area contributed by atoms with E-state index in [4.69, 9.17) is 5.11 Å². The van der Waals surface area contributed by atoms with Crippen LogP contribution in [0.3, 0.4) is 0 Å². The zero-order valence-electron chi connectivity index (χ0n) is 9.41. The molecule has 1 aromatic carbocycles. The summed E-state index contributed by atoms with van der Waals surface area (Å²) in [5, 5.41) is 9.64. The molecule has 0 radical (unpaired) electrons. The van der Waals surface area contributed by atoms with Gasteiger partial charge in [0, 0.05) is 18.0 Å². The van der Waals surface area contributed by atoms with E-state index in [9.17, 15) is 4.79 Å². The van der Waals surface area contributed by atoms with Gasteiger partial charge in [-0.25, -0.2) is 4.98 Å². The van der Waals surface area contributed by atoms with Gasteiger partial charge in [-0.15, -0.1) is 11.3 Å². The number of benzene rings is 1. The van der Waals surface area contributed by atoms with E-state index >= 15 is 0 Å². The summed E-state index contributed by atoms with van der Waals surface area (Å²) < 4.78 is 2.78. The molecule has 3 rings (SSSR count). The average Bonchev–Trinajstić information content (AvgIpc) is 2.93. The van der Waals surface area contributed by atoms with Crippen LogP contribution in [0.4, 0.5) is 0 Å². The molecule has 0 fully saturated rings. The van der Waals surface area contributed by atoms with Crippen LogP contribution in [0, 0.1) is 0 Å². The molecule has 0 bridgehead atoms. The number of para-hydroxylation sites is 1. The second kappa shape index (κ2) is 4.27. The summed E-state index contributed by atoms with van der Waals surface area (Å²) in [5.74, 6) is -0.846. The fourth-order valence-corrected chi connectivity index (χ4v) is 2.77. The van der Waals surface area contributed by atoms with E-state index in [0.717, 1.165) is 20.8 Å². The van der Waals surface area contributed by atoms with Gasteiger partial charge in [0.05, 0.1) is 10.2 Å². The first-order chi connectivity index (χ1) is 8.72. The second-order valence-corrected chi connectivity index (χ2v) is 4.98. The molecule has 2 aromatic heterocycles. The maximum atomic E-state index is 10.6. The van der Waals surface area contributed by atoms with E-state index in [1.165, 1.54) is 0 Å². The number of nitrogens with zero attached hydrogens (tertiary/aromatic N) is 2. The first-order valence-corrected chi connectivity index (χ1v) is 6.27. The molecular weight excluding hydrogens is 248 g/mol. The van der Waals surface area contributed by atoms with Crippen molar-refractivity contribution >= 4 is 27.5 Å². The van der Waals surface area contributed by atoms with E-state index in [1.54, 1.807) is 22.1 Å². The quantitative estimate of drug-likeness (QED) is 0.786. The number of rotatable bonds is 3. The van der Waals surface area contributed by atoms with E-state index in [-0.39, 0.29) is 6.54 Å². The smallest absolute Gasteiger partial charge is 0.323 e. The molecule has 18 heavy (non-hydrogen) atoms. The highest BCUT2D eigenvalue weighted by molar-refractivity contribution is 7.21. The third-order valence-corrected chi connectivity index (χ3v) is 3.69. The summed E-state index contributed by atoms with van der Waals surface area (Å²) >= 11 is 1.61. The second-order valence-electron chi connectivity index (χ2n) is 3.95. The fourth-order valence-electron chi connectivity index (χ4n) is 1.82.